The lowest BCUT2D eigenvalue weighted by molar-refractivity contribution is -0.384. The number of fused-ring (bicyclic) bond motifs is 3. The van der Waals surface area contributed by atoms with E-state index in [0.717, 1.165) is 16.7 Å². The normalized spacial score (nSPS) is 12.8. The van der Waals surface area contributed by atoms with Crippen LogP contribution in [0.4, 0.5) is 5.69 Å². The fraction of sp³-hybridized carbons (Fsp3) is 0.156. The van der Waals surface area contributed by atoms with Gasteiger partial charge in [0.1, 0.15) is 0 Å². The molecule has 0 atom stereocenters. The summed E-state index contributed by atoms with van der Waals surface area (Å²) >= 11 is 1.34. The van der Waals surface area contributed by atoms with Crippen LogP contribution in [0.15, 0.2) is 88.8 Å². The summed E-state index contributed by atoms with van der Waals surface area (Å²) in [5, 5.41) is 14.8. The lowest BCUT2D eigenvalue weighted by Crippen LogP contribution is -2.24. The molecule has 12 nitrogen and oxygen atoms in total. The number of ether oxygens (including phenoxy) is 4. The molecule has 4 aromatic carbocycles. The van der Waals surface area contributed by atoms with Gasteiger partial charge in [-0.3, -0.25) is 24.3 Å². The number of non-ortho nitro benzene ring substituents is 1. The van der Waals surface area contributed by atoms with Crippen LogP contribution in [0.3, 0.4) is 0 Å². The van der Waals surface area contributed by atoms with Crippen molar-refractivity contribution in [2.45, 2.75) is 24.0 Å². The van der Waals surface area contributed by atoms with Gasteiger partial charge in [0.05, 0.1) is 22.4 Å². The van der Waals surface area contributed by atoms with Crippen molar-refractivity contribution in [1.29, 1.82) is 0 Å². The van der Waals surface area contributed by atoms with Crippen LogP contribution in [0.2, 0.25) is 0 Å². The highest BCUT2D eigenvalue weighted by Crippen LogP contribution is 2.36. The summed E-state index contributed by atoms with van der Waals surface area (Å²) in [7, 11) is 0. The monoisotopic (exact) mass is 624 g/mol. The van der Waals surface area contributed by atoms with Crippen molar-refractivity contribution in [3.8, 4) is 23.0 Å². The van der Waals surface area contributed by atoms with Crippen LogP contribution >= 0.6 is 11.8 Å². The number of nitro groups is 1. The average Bonchev–Trinajstić information content (AvgIpc) is 3.73. The van der Waals surface area contributed by atoms with Gasteiger partial charge in [-0.25, -0.2) is 4.98 Å². The summed E-state index contributed by atoms with van der Waals surface area (Å²) in [6.07, 6.45) is 0. The Morgan fingerprint density at radius 1 is 0.844 bits per heavy atom. The molecule has 3 heterocycles. The van der Waals surface area contributed by atoms with Gasteiger partial charge < -0.3 is 24.3 Å². The minimum Gasteiger partial charge on any atom is -0.454 e. The number of nitrogens with one attached hydrogen (secondary N) is 1. The van der Waals surface area contributed by atoms with Gasteiger partial charge in [0.25, 0.3) is 17.2 Å². The van der Waals surface area contributed by atoms with Gasteiger partial charge in [0.15, 0.2) is 28.2 Å². The van der Waals surface area contributed by atoms with Crippen molar-refractivity contribution in [2.75, 3.05) is 13.6 Å². The number of nitro benzene ring substituents is 1. The molecule has 0 aliphatic carbocycles. The first-order valence-electron chi connectivity index (χ1n) is 13.9. The SMILES string of the molecule is O=C(NCc1ccc2c(c1)OCO2)c1ccc(Cn2c(SCc3ccc([N+](=O)[O-])cc3)nc3cc4c(cc3c2=O)OCO4)cc1. The molecule has 1 N–H and O–H groups in total. The van der Waals surface area contributed by atoms with Crippen molar-refractivity contribution in [1.82, 2.24) is 14.9 Å². The van der Waals surface area contributed by atoms with E-state index in [0.29, 0.717) is 56.9 Å². The summed E-state index contributed by atoms with van der Waals surface area (Å²) < 4.78 is 23.3. The zero-order valence-electron chi connectivity index (χ0n) is 23.6. The van der Waals surface area contributed by atoms with Crippen LogP contribution in [-0.2, 0) is 18.8 Å². The summed E-state index contributed by atoms with van der Waals surface area (Å²) in [5.74, 6) is 2.53. The van der Waals surface area contributed by atoms with Crippen LogP contribution in [0.5, 0.6) is 23.0 Å². The number of nitrogens with zero attached hydrogens (tertiary/aromatic N) is 3. The minimum atomic E-state index is -0.446. The number of carbonyl (C=O) groups excluding carboxylic acids is 1. The Kier molecular flexibility index (Phi) is 7.43. The minimum absolute atomic E-state index is 0.00521. The first-order valence-corrected chi connectivity index (χ1v) is 14.9. The molecule has 13 heteroatoms. The molecular weight excluding hydrogens is 600 g/mol. The first kappa shape index (κ1) is 28.2. The first-order chi connectivity index (χ1) is 21.9. The van der Waals surface area contributed by atoms with Gasteiger partial charge in [-0.1, -0.05) is 42.1 Å². The molecule has 1 aromatic heterocycles. The highest BCUT2D eigenvalue weighted by molar-refractivity contribution is 7.98. The molecule has 2 aliphatic heterocycles. The summed E-state index contributed by atoms with van der Waals surface area (Å²) in [5.41, 5.74) is 3.22. The second-order valence-corrected chi connectivity index (χ2v) is 11.2. The van der Waals surface area contributed by atoms with E-state index in [1.807, 2.05) is 18.2 Å². The molecule has 0 spiro atoms. The summed E-state index contributed by atoms with van der Waals surface area (Å²) in [6.45, 7) is 0.781. The van der Waals surface area contributed by atoms with Crippen LogP contribution in [0.1, 0.15) is 27.0 Å². The van der Waals surface area contributed by atoms with Gasteiger partial charge in [-0.15, -0.1) is 0 Å². The van der Waals surface area contributed by atoms with E-state index >= 15 is 0 Å². The largest absolute Gasteiger partial charge is 0.454 e. The smallest absolute Gasteiger partial charge is 0.269 e. The molecule has 0 radical (unpaired) electrons. The maximum Gasteiger partial charge on any atom is 0.269 e. The quantitative estimate of drug-likeness (QED) is 0.103. The fourth-order valence-corrected chi connectivity index (χ4v) is 5.94. The number of carbonyl (C=O) groups is 1. The van der Waals surface area contributed by atoms with Crippen molar-refractivity contribution < 1.29 is 28.7 Å². The van der Waals surface area contributed by atoms with E-state index in [-0.39, 0.29) is 37.3 Å². The van der Waals surface area contributed by atoms with Crippen molar-refractivity contribution in [3.05, 3.63) is 122 Å². The van der Waals surface area contributed by atoms with Crippen LogP contribution in [0.25, 0.3) is 10.9 Å². The third kappa shape index (κ3) is 5.85. The van der Waals surface area contributed by atoms with Gasteiger partial charge in [0.2, 0.25) is 13.6 Å². The van der Waals surface area contributed by atoms with Crippen LogP contribution in [-0.4, -0.2) is 34.0 Å². The predicted octanol–water partition coefficient (Wildman–Crippen LogP) is 5.03. The number of hydrogen-bond acceptors (Lipinski definition) is 10. The molecule has 1 amide bonds. The predicted molar refractivity (Wildman–Crippen MR) is 164 cm³/mol. The maximum atomic E-state index is 13.8. The summed E-state index contributed by atoms with van der Waals surface area (Å²) in [6, 6.07) is 22.2. The number of rotatable bonds is 9. The molecule has 0 bridgehead atoms. The number of amides is 1. The van der Waals surface area contributed by atoms with E-state index in [4.69, 9.17) is 23.9 Å². The Balaban J connectivity index is 1.11. The van der Waals surface area contributed by atoms with Gasteiger partial charge in [-0.2, -0.15) is 0 Å². The lowest BCUT2D eigenvalue weighted by atomic mass is 10.1. The molecule has 0 saturated heterocycles. The Bertz CT molecular complexity index is 2010. The highest BCUT2D eigenvalue weighted by Gasteiger charge is 2.20. The highest BCUT2D eigenvalue weighted by atomic mass is 32.2. The molecule has 0 unspecified atom stereocenters. The van der Waals surface area contributed by atoms with Gasteiger partial charge in [-0.05, 0) is 47.0 Å². The second kappa shape index (κ2) is 11.8. The van der Waals surface area contributed by atoms with E-state index in [2.05, 4.69) is 5.32 Å². The zero-order chi connectivity index (χ0) is 30.9. The molecule has 2 aliphatic rings. The zero-order valence-corrected chi connectivity index (χ0v) is 24.4. The molecular formula is C32H24N4O8S. The maximum absolute atomic E-state index is 13.8. The van der Waals surface area contributed by atoms with Crippen molar-refractivity contribution in [3.63, 3.8) is 0 Å². The van der Waals surface area contributed by atoms with E-state index in [1.54, 1.807) is 53.1 Å². The van der Waals surface area contributed by atoms with Gasteiger partial charge >= 0.3 is 0 Å². The standard InChI is InChI=1S/C32H24N4O8S/c37-30(33-14-21-5-10-26-27(11-21)42-17-41-26)22-6-1-19(2-7-22)15-35-31(38)24-12-28-29(44-18-43-28)13-25(24)34-32(35)45-16-20-3-8-23(9-4-20)36(39)40/h1-13H,14-18H2,(H,33,37). The number of aromatic nitrogens is 2. The van der Waals surface area contributed by atoms with Crippen LogP contribution in [0, 0.1) is 10.1 Å². The average molecular weight is 625 g/mol. The van der Waals surface area contributed by atoms with Gasteiger partial charge in [0, 0.05) is 36.1 Å². The second-order valence-electron chi connectivity index (χ2n) is 10.3. The number of benzene rings is 4. The van der Waals surface area contributed by atoms with Crippen molar-refractivity contribution in [2.24, 2.45) is 0 Å². The number of thioether (sulfide) groups is 1. The topological polar surface area (TPSA) is 144 Å². The molecule has 5 aromatic rings. The third-order valence-corrected chi connectivity index (χ3v) is 8.42. The Labute approximate surface area is 259 Å². The van der Waals surface area contributed by atoms with E-state index in [1.165, 1.54) is 23.9 Å². The van der Waals surface area contributed by atoms with Crippen LogP contribution < -0.4 is 29.8 Å². The molecule has 0 fully saturated rings. The molecule has 7 rings (SSSR count). The van der Waals surface area contributed by atoms with E-state index in [9.17, 15) is 19.7 Å². The Morgan fingerprint density at radius 2 is 1.49 bits per heavy atom. The fourth-order valence-electron chi connectivity index (χ4n) is 4.98. The lowest BCUT2D eigenvalue weighted by Gasteiger charge is -2.14. The van der Waals surface area contributed by atoms with Crippen molar-refractivity contribution >= 4 is 34.3 Å². The molecule has 0 saturated carbocycles. The Morgan fingerprint density at radius 3 is 2.22 bits per heavy atom. The Hall–Kier alpha value is -5.56. The molecule has 226 valence electrons. The molecule has 45 heavy (non-hydrogen) atoms. The summed E-state index contributed by atoms with van der Waals surface area (Å²) in [4.78, 5) is 42.0. The third-order valence-electron chi connectivity index (χ3n) is 7.38. The number of hydrogen-bond donors (Lipinski definition) is 1. The van der Waals surface area contributed by atoms with E-state index < -0.39 is 4.92 Å².